The Kier molecular flexibility index (Phi) is 7.76. The monoisotopic (exact) mass is 515 g/mol. The third kappa shape index (κ3) is 6.52. The maximum Gasteiger partial charge on any atom is 0.408 e. The van der Waals surface area contributed by atoms with Crippen LogP contribution in [0.5, 0.6) is 0 Å². The lowest BCUT2D eigenvalue weighted by molar-refractivity contribution is -0.141. The zero-order chi connectivity index (χ0) is 27.6. The molecule has 7 heteroatoms. The lowest BCUT2D eigenvalue weighted by atomic mass is 10.0. The molecule has 2 N–H and O–H groups in total. The first-order chi connectivity index (χ1) is 17.9. The first-order valence-electron chi connectivity index (χ1n) is 13.1. The summed E-state index contributed by atoms with van der Waals surface area (Å²) >= 11 is 0. The molecule has 0 bridgehead atoms. The summed E-state index contributed by atoms with van der Waals surface area (Å²) < 4.78 is 5.36. The van der Waals surface area contributed by atoms with Crippen LogP contribution in [0.25, 0.3) is 10.8 Å². The zero-order valence-corrected chi connectivity index (χ0v) is 22.9. The Morgan fingerprint density at radius 2 is 1.61 bits per heavy atom. The highest BCUT2D eigenvalue weighted by Crippen LogP contribution is 2.41. The molecule has 1 aliphatic carbocycles. The van der Waals surface area contributed by atoms with Crippen molar-refractivity contribution in [2.45, 2.75) is 71.7 Å². The molecule has 200 valence electrons. The number of fused-ring (bicyclic) bond motifs is 1. The molecule has 1 saturated carbocycles. The molecule has 3 aromatic carbocycles. The van der Waals surface area contributed by atoms with Crippen molar-refractivity contribution in [3.05, 3.63) is 77.9 Å². The van der Waals surface area contributed by atoms with E-state index in [1.165, 1.54) is 0 Å². The minimum atomic E-state index is -0.876. The van der Waals surface area contributed by atoms with Gasteiger partial charge in [0, 0.05) is 11.7 Å². The molecular weight excluding hydrogens is 478 g/mol. The predicted molar refractivity (Wildman–Crippen MR) is 150 cm³/mol. The number of anilines is 1. The number of carbonyl (C=O) groups excluding carboxylic acids is 3. The summed E-state index contributed by atoms with van der Waals surface area (Å²) in [5.41, 5.74) is 1.73. The molecule has 3 aromatic rings. The normalized spacial score (nSPS) is 18.3. The molecule has 0 saturated heterocycles. The largest absolute Gasteiger partial charge is 0.444 e. The second kappa shape index (κ2) is 10.9. The van der Waals surface area contributed by atoms with Crippen LogP contribution in [0.4, 0.5) is 10.5 Å². The Labute approximate surface area is 224 Å². The lowest BCUT2D eigenvalue weighted by Gasteiger charge is -2.34. The minimum Gasteiger partial charge on any atom is -0.444 e. The van der Waals surface area contributed by atoms with Gasteiger partial charge in [-0.2, -0.15) is 0 Å². The summed E-state index contributed by atoms with van der Waals surface area (Å²) in [5.74, 6) is -0.389. The SMILES string of the molecule is Cc1ccc(C(C(=O)Nc2ccc3ccccc3c2)N(C(=O)C(C)NC(=O)OC(C)(C)C)C2CC2C)cc1. The van der Waals surface area contributed by atoms with Crippen LogP contribution in [0.15, 0.2) is 66.7 Å². The van der Waals surface area contributed by atoms with Crippen molar-refractivity contribution in [1.82, 2.24) is 10.2 Å². The number of aryl methyl sites for hydroxylation is 1. The Bertz CT molecular complexity index is 1330. The van der Waals surface area contributed by atoms with Gasteiger partial charge in [-0.15, -0.1) is 0 Å². The summed E-state index contributed by atoms with van der Waals surface area (Å²) in [6.45, 7) is 11.0. The number of alkyl carbamates (subject to hydrolysis) is 1. The van der Waals surface area contributed by atoms with E-state index in [1.54, 1.807) is 32.6 Å². The summed E-state index contributed by atoms with van der Waals surface area (Å²) in [6, 6.07) is 19.5. The number of amides is 3. The standard InChI is InChI=1S/C31H37N3O4/c1-19-11-13-23(14-12-19)27(28(35)33-25-16-15-22-9-7-8-10-24(22)18-25)34(26-17-20(26)2)29(36)21(3)32-30(37)38-31(4,5)6/h7-16,18,20-21,26-27H,17H2,1-6H3,(H,32,37)(H,33,35). The van der Waals surface area contributed by atoms with Crippen molar-refractivity contribution >= 4 is 34.4 Å². The van der Waals surface area contributed by atoms with Gasteiger partial charge in [-0.25, -0.2) is 4.79 Å². The average molecular weight is 516 g/mol. The number of nitrogens with zero attached hydrogens (tertiary/aromatic N) is 1. The first kappa shape index (κ1) is 27.2. The van der Waals surface area contributed by atoms with Gasteiger partial charge in [0.1, 0.15) is 17.7 Å². The first-order valence-corrected chi connectivity index (χ1v) is 13.1. The summed E-state index contributed by atoms with van der Waals surface area (Å²) in [6.07, 6.45) is 0.117. The number of rotatable bonds is 7. The highest BCUT2D eigenvalue weighted by Gasteiger charge is 2.47. The maximum absolute atomic E-state index is 13.9. The molecule has 7 nitrogen and oxygen atoms in total. The van der Waals surface area contributed by atoms with E-state index < -0.39 is 23.8 Å². The van der Waals surface area contributed by atoms with Crippen molar-refractivity contribution in [3.8, 4) is 0 Å². The number of hydrogen-bond donors (Lipinski definition) is 2. The van der Waals surface area contributed by atoms with Crippen LogP contribution in [0.1, 0.15) is 58.2 Å². The Morgan fingerprint density at radius 3 is 2.21 bits per heavy atom. The van der Waals surface area contributed by atoms with Crippen molar-refractivity contribution in [2.75, 3.05) is 5.32 Å². The van der Waals surface area contributed by atoms with Crippen molar-refractivity contribution < 1.29 is 19.1 Å². The van der Waals surface area contributed by atoms with Crippen molar-refractivity contribution in [1.29, 1.82) is 0 Å². The van der Waals surface area contributed by atoms with E-state index in [-0.39, 0.29) is 23.8 Å². The Morgan fingerprint density at radius 1 is 0.974 bits per heavy atom. The molecule has 0 aromatic heterocycles. The number of benzene rings is 3. The second-order valence-corrected chi connectivity index (χ2v) is 11.3. The maximum atomic E-state index is 13.9. The van der Waals surface area contributed by atoms with Crippen LogP contribution in [-0.2, 0) is 14.3 Å². The number of carbonyl (C=O) groups is 3. The van der Waals surface area contributed by atoms with E-state index in [9.17, 15) is 14.4 Å². The number of nitrogens with one attached hydrogen (secondary N) is 2. The van der Waals surface area contributed by atoms with Gasteiger partial charge in [0.05, 0.1) is 0 Å². The fourth-order valence-corrected chi connectivity index (χ4v) is 4.61. The third-order valence-electron chi connectivity index (χ3n) is 6.72. The Balaban J connectivity index is 1.65. The highest BCUT2D eigenvalue weighted by atomic mass is 16.6. The molecule has 4 atom stereocenters. The molecule has 38 heavy (non-hydrogen) atoms. The van der Waals surface area contributed by atoms with Gasteiger partial charge in [-0.05, 0) is 75.4 Å². The van der Waals surface area contributed by atoms with Crippen molar-refractivity contribution in [2.24, 2.45) is 5.92 Å². The molecule has 1 fully saturated rings. The minimum absolute atomic E-state index is 0.112. The molecular formula is C31H37N3O4. The van der Waals surface area contributed by atoms with Crippen LogP contribution in [0.2, 0.25) is 0 Å². The fraction of sp³-hybridized carbons (Fsp3) is 0.387. The van der Waals surface area contributed by atoms with Gasteiger partial charge in [0.25, 0.3) is 5.91 Å². The predicted octanol–water partition coefficient (Wildman–Crippen LogP) is 5.98. The van der Waals surface area contributed by atoms with Gasteiger partial charge in [0.2, 0.25) is 5.91 Å². The van der Waals surface area contributed by atoms with Crippen LogP contribution in [0.3, 0.4) is 0 Å². The molecule has 1 aliphatic rings. The molecule has 0 heterocycles. The van der Waals surface area contributed by atoms with E-state index >= 15 is 0 Å². The second-order valence-electron chi connectivity index (χ2n) is 11.3. The van der Waals surface area contributed by atoms with E-state index in [0.717, 1.165) is 22.8 Å². The zero-order valence-electron chi connectivity index (χ0n) is 22.9. The van der Waals surface area contributed by atoms with E-state index in [2.05, 4.69) is 17.6 Å². The molecule has 4 unspecified atom stereocenters. The van der Waals surface area contributed by atoms with Gasteiger partial charge in [-0.3, -0.25) is 9.59 Å². The van der Waals surface area contributed by atoms with E-state index in [4.69, 9.17) is 4.74 Å². The number of ether oxygens (including phenoxy) is 1. The van der Waals surface area contributed by atoms with Crippen LogP contribution < -0.4 is 10.6 Å². The summed E-state index contributed by atoms with van der Waals surface area (Å²) in [7, 11) is 0. The third-order valence-corrected chi connectivity index (χ3v) is 6.72. The van der Waals surface area contributed by atoms with Gasteiger partial charge in [-0.1, -0.05) is 67.1 Å². The lowest BCUT2D eigenvalue weighted by Crippen LogP contribution is -2.52. The van der Waals surface area contributed by atoms with E-state index in [0.29, 0.717) is 11.3 Å². The molecule has 3 amide bonds. The molecule has 0 spiro atoms. The molecule has 4 rings (SSSR count). The van der Waals surface area contributed by atoms with Crippen LogP contribution in [-0.4, -0.2) is 40.5 Å². The Hall–Kier alpha value is -3.87. The topological polar surface area (TPSA) is 87.7 Å². The van der Waals surface area contributed by atoms with Gasteiger partial charge in [0.15, 0.2) is 0 Å². The summed E-state index contributed by atoms with van der Waals surface area (Å²) in [4.78, 5) is 41.9. The quantitative estimate of drug-likeness (QED) is 0.405. The average Bonchev–Trinajstić information content (AvgIpc) is 3.57. The van der Waals surface area contributed by atoms with E-state index in [1.807, 2.05) is 73.7 Å². The fourth-order valence-electron chi connectivity index (χ4n) is 4.61. The molecule has 0 radical (unpaired) electrons. The summed E-state index contributed by atoms with van der Waals surface area (Å²) in [5, 5.41) is 7.79. The van der Waals surface area contributed by atoms with Crippen LogP contribution in [0, 0.1) is 12.8 Å². The smallest absolute Gasteiger partial charge is 0.408 e. The highest BCUT2D eigenvalue weighted by molar-refractivity contribution is 6.00. The van der Waals surface area contributed by atoms with Crippen LogP contribution >= 0.6 is 0 Å². The van der Waals surface area contributed by atoms with Crippen molar-refractivity contribution in [3.63, 3.8) is 0 Å². The molecule has 0 aliphatic heterocycles. The van der Waals surface area contributed by atoms with Gasteiger partial charge < -0.3 is 20.3 Å². The number of hydrogen-bond acceptors (Lipinski definition) is 4. The van der Waals surface area contributed by atoms with Gasteiger partial charge >= 0.3 is 6.09 Å².